The minimum atomic E-state index is 0.359. The van der Waals surface area contributed by atoms with Gasteiger partial charge in [-0.05, 0) is 12.5 Å². The highest BCUT2D eigenvalue weighted by atomic mass is 35.5. The van der Waals surface area contributed by atoms with Crippen LogP contribution in [0.1, 0.15) is 5.56 Å². The second-order valence-corrected chi connectivity index (χ2v) is 3.30. The van der Waals surface area contributed by atoms with Crippen molar-refractivity contribution >= 4 is 11.6 Å². The summed E-state index contributed by atoms with van der Waals surface area (Å²) in [5, 5.41) is 8.04. The van der Waals surface area contributed by atoms with E-state index in [0.717, 1.165) is 11.1 Å². The lowest BCUT2D eigenvalue weighted by Crippen LogP contribution is -1.93. The molecule has 0 aliphatic heterocycles. The Morgan fingerprint density at radius 3 is 2.71 bits per heavy atom. The number of benzene rings is 1. The summed E-state index contributed by atoms with van der Waals surface area (Å²) in [6.45, 7) is 2.00. The molecular formula is C10H8ClN3. The Morgan fingerprint density at radius 1 is 1.21 bits per heavy atom. The van der Waals surface area contributed by atoms with Crippen molar-refractivity contribution in [1.82, 2.24) is 15.2 Å². The molecule has 0 unspecified atom stereocenters. The SMILES string of the molecule is Cc1ccccc1-c1nncc(Cl)n1. The zero-order valence-electron chi connectivity index (χ0n) is 7.61. The summed E-state index contributed by atoms with van der Waals surface area (Å²) >= 11 is 5.73. The first kappa shape index (κ1) is 9.09. The van der Waals surface area contributed by atoms with Crippen LogP contribution in [0.2, 0.25) is 5.15 Å². The molecule has 0 aliphatic carbocycles. The van der Waals surface area contributed by atoms with Gasteiger partial charge in [-0.3, -0.25) is 0 Å². The molecule has 0 saturated heterocycles. The molecule has 3 nitrogen and oxygen atoms in total. The molecule has 2 rings (SSSR count). The van der Waals surface area contributed by atoms with E-state index >= 15 is 0 Å². The predicted octanol–water partition coefficient (Wildman–Crippen LogP) is 2.50. The highest BCUT2D eigenvalue weighted by molar-refractivity contribution is 6.29. The number of nitrogens with zero attached hydrogens (tertiary/aromatic N) is 3. The molecule has 0 aliphatic rings. The van der Waals surface area contributed by atoms with Crippen molar-refractivity contribution in [3.05, 3.63) is 41.2 Å². The van der Waals surface area contributed by atoms with Crippen LogP contribution >= 0.6 is 11.6 Å². The van der Waals surface area contributed by atoms with Gasteiger partial charge < -0.3 is 0 Å². The first-order chi connectivity index (χ1) is 6.77. The third kappa shape index (κ3) is 1.72. The highest BCUT2D eigenvalue weighted by Crippen LogP contribution is 2.19. The van der Waals surface area contributed by atoms with Crippen LogP contribution in [0.3, 0.4) is 0 Å². The fourth-order valence-electron chi connectivity index (χ4n) is 1.22. The Morgan fingerprint density at radius 2 is 2.00 bits per heavy atom. The van der Waals surface area contributed by atoms with Crippen LogP contribution < -0.4 is 0 Å². The van der Waals surface area contributed by atoms with Crippen LogP contribution in [0.4, 0.5) is 0 Å². The zero-order valence-corrected chi connectivity index (χ0v) is 8.36. The molecule has 0 radical (unpaired) electrons. The summed E-state index contributed by atoms with van der Waals surface area (Å²) in [7, 11) is 0. The highest BCUT2D eigenvalue weighted by Gasteiger charge is 2.04. The molecule has 0 bridgehead atoms. The molecule has 0 fully saturated rings. The maximum absolute atomic E-state index is 5.73. The van der Waals surface area contributed by atoms with Gasteiger partial charge in [-0.1, -0.05) is 35.9 Å². The van der Waals surface area contributed by atoms with Crippen molar-refractivity contribution in [3.8, 4) is 11.4 Å². The van der Waals surface area contributed by atoms with Crippen LogP contribution in [-0.4, -0.2) is 15.2 Å². The molecular weight excluding hydrogens is 198 g/mol. The molecule has 1 aromatic carbocycles. The Hall–Kier alpha value is -1.48. The molecule has 14 heavy (non-hydrogen) atoms. The van der Waals surface area contributed by atoms with Crippen LogP contribution in [0.25, 0.3) is 11.4 Å². The maximum atomic E-state index is 5.73. The molecule has 0 amide bonds. The fraction of sp³-hybridized carbons (Fsp3) is 0.100. The van der Waals surface area contributed by atoms with E-state index in [1.54, 1.807) is 0 Å². The monoisotopic (exact) mass is 205 g/mol. The topological polar surface area (TPSA) is 38.7 Å². The van der Waals surface area contributed by atoms with Gasteiger partial charge in [0.15, 0.2) is 11.0 Å². The summed E-state index contributed by atoms with van der Waals surface area (Å²) in [6, 6.07) is 7.85. The molecule has 1 heterocycles. The van der Waals surface area contributed by atoms with Gasteiger partial charge in [-0.15, -0.1) is 5.10 Å². The normalized spacial score (nSPS) is 10.1. The smallest absolute Gasteiger partial charge is 0.183 e. The molecule has 0 atom stereocenters. The van der Waals surface area contributed by atoms with E-state index < -0.39 is 0 Å². The first-order valence-corrected chi connectivity index (χ1v) is 4.56. The molecule has 0 spiro atoms. The van der Waals surface area contributed by atoms with E-state index in [0.29, 0.717) is 11.0 Å². The minimum Gasteiger partial charge on any atom is -0.213 e. The number of hydrogen-bond acceptors (Lipinski definition) is 3. The van der Waals surface area contributed by atoms with Crippen molar-refractivity contribution in [3.63, 3.8) is 0 Å². The van der Waals surface area contributed by atoms with E-state index in [4.69, 9.17) is 11.6 Å². The lowest BCUT2D eigenvalue weighted by Gasteiger charge is -2.02. The molecule has 1 aromatic heterocycles. The molecule has 2 aromatic rings. The number of halogens is 1. The van der Waals surface area contributed by atoms with Gasteiger partial charge in [0.05, 0.1) is 6.20 Å². The van der Waals surface area contributed by atoms with Gasteiger partial charge >= 0.3 is 0 Å². The van der Waals surface area contributed by atoms with Crippen LogP contribution in [0.5, 0.6) is 0 Å². The van der Waals surface area contributed by atoms with E-state index in [9.17, 15) is 0 Å². The van der Waals surface area contributed by atoms with E-state index in [1.165, 1.54) is 6.20 Å². The van der Waals surface area contributed by atoms with Crippen molar-refractivity contribution < 1.29 is 0 Å². The number of aryl methyl sites for hydroxylation is 1. The zero-order chi connectivity index (χ0) is 9.97. The third-order valence-corrected chi connectivity index (χ3v) is 2.10. The lowest BCUT2D eigenvalue weighted by molar-refractivity contribution is 0.978. The summed E-state index contributed by atoms with van der Waals surface area (Å²) in [6.07, 6.45) is 1.42. The third-order valence-electron chi connectivity index (χ3n) is 1.92. The summed E-state index contributed by atoms with van der Waals surface area (Å²) in [5.74, 6) is 0.565. The second-order valence-electron chi connectivity index (χ2n) is 2.92. The number of aromatic nitrogens is 3. The number of hydrogen-bond donors (Lipinski definition) is 0. The summed E-state index contributed by atoms with van der Waals surface area (Å²) in [5.41, 5.74) is 2.07. The van der Waals surface area contributed by atoms with Crippen LogP contribution in [-0.2, 0) is 0 Å². The lowest BCUT2D eigenvalue weighted by atomic mass is 10.1. The van der Waals surface area contributed by atoms with E-state index in [2.05, 4.69) is 15.2 Å². The van der Waals surface area contributed by atoms with Crippen LogP contribution in [0.15, 0.2) is 30.5 Å². The standard InChI is InChI=1S/C10H8ClN3/c1-7-4-2-3-5-8(7)10-13-9(11)6-12-14-10/h2-6H,1H3. The quantitative estimate of drug-likeness (QED) is 0.718. The molecule has 70 valence electrons. The molecule has 4 heteroatoms. The van der Waals surface area contributed by atoms with E-state index in [1.807, 2.05) is 31.2 Å². The average molecular weight is 206 g/mol. The second kappa shape index (κ2) is 3.72. The van der Waals surface area contributed by atoms with Crippen molar-refractivity contribution in [2.24, 2.45) is 0 Å². The fourth-order valence-corrected chi connectivity index (χ4v) is 1.35. The largest absolute Gasteiger partial charge is 0.213 e. The van der Waals surface area contributed by atoms with Gasteiger partial charge in [-0.25, -0.2) is 4.98 Å². The van der Waals surface area contributed by atoms with Crippen LogP contribution in [0, 0.1) is 6.92 Å². The van der Waals surface area contributed by atoms with Crippen molar-refractivity contribution in [2.45, 2.75) is 6.92 Å². The Kier molecular flexibility index (Phi) is 2.41. The van der Waals surface area contributed by atoms with Gasteiger partial charge in [0, 0.05) is 5.56 Å². The molecule has 0 saturated carbocycles. The van der Waals surface area contributed by atoms with Gasteiger partial charge in [0.2, 0.25) is 0 Å². The van der Waals surface area contributed by atoms with Crippen molar-refractivity contribution in [2.75, 3.05) is 0 Å². The Bertz CT molecular complexity index is 457. The van der Waals surface area contributed by atoms with Gasteiger partial charge in [0.1, 0.15) is 0 Å². The minimum absolute atomic E-state index is 0.359. The van der Waals surface area contributed by atoms with Gasteiger partial charge in [0.25, 0.3) is 0 Å². The van der Waals surface area contributed by atoms with E-state index in [-0.39, 0.29) is 0 Å². The predicted molar refractivity (Wildman–Crippen MR) is 55.0 cm³/mol. The summed E-state index contributed by atoms with van der Waals surface area (Å²) in [4.78, 5) is 4.10. The first-order valence-electron chi connectivity index (χ1n) is 4.18. The van der Waals surface area contributed by atoms with Gasteiger partial charge in [-0.2, -0.15) is 5.10 Å². The summed E-state index contributed by atoms with van der Waals surface area (Å²) < 4.78 is 0. The number of rotatable bonds is 1. The Balaban J connectivity index is 2.55. The average Bonchev–Trinajstić information content (AvgIpc) is 2.18. The van der Waals surface area contributed by atoms with Crippen molar-refractivity contribution in [1.29, 1.82) is 0 Å². The maximum Gasteiger partial charge on any atom is 0.183 e. The Labute approximate surface area is 86.8 Å². The molecule has 0 N–H and O–H groups in total.